The van der Waals surface area contributed by atoms with Gasteiger partial charge in [-0.25, -0.2) is 4.98 Å². The zero-order chi connectivity index (χ0) is 10.1. The van der Waals surface area contributed by atoms with Crippen LogP contribution < -0.4 is 5.32 Å². The molecule has 2 aromatic rings. The van der Waals surface area contributed by atoms with Crippen molar-refractivity contribution in [2.75, 3.05) is 12.4 Å². The van der Waals surface area contributed by atoms with E-state index in [4.69, 9.17) is 0 Å². The average Bonchev–Trinajstić information content (AvgIpc) is 2.23. The first kappa shape index (κ1) is 9.46. The Hall–Kier alpha value is -1.09. The summed E-state index contributed by atoms with van der Waals surface area (Å²) in [7, 11) is 1.88. The van der Waals surface area contributed by atoms with Gasteiger partial charge in [0.2, 0.25) is 0 Å². The van der Waals surface area contributed by atoms with Crippen LogP contribution in [0.1, 0.15) is 5.56 Å². The van der Waals surface area contributed by atoms with Gasteiger partial charge in [0.1, 0.15) is 5.82 Å². The fraction of sp³-hybridized carbons (Fsp3) is 0.182. The molecule has 1 aromatic carbocycles. The SMILES string of the molecule is CNc1ccc2ccc(Br)c(C)c2n1. The largest absolute Gasteiger partial charge is 0.373 e. The Kier molecular flexibility index (Phi) is 2.42. The second kappa shape index (κ2) is 3.58. The molecule has 0 radical (unpaired) electrons. The third-order valence-electron chi connectivity index (χ3n) is 2.31. The molecule has 72 valence electrons. The maximum absolute atomic E-state index is 4.51. The van der Waals surface area contributed by atoms with Crippen LogP contribution in [0.3, 0.4) is 0 Å². The van der Waals surface area contributed by atoms with Gasteiger partial charge in [0, 0.05) is 16.9 Å². The van der Waals surface area contributed by atoms with Crippen LogP contribution >= 0.6 is 15.9 Å². The van der Waals surface area contributed by atoms with Gasteiger partial charge in [-0.05, 0) is 30.7 Å². The molecule has 0 saturated heterocycles. The normalized spacial score (nSPS) is 10.5. The number of hydrogen-bond acceptors (Lipinski definition) is 2. The van der Waals surface area contributed by atoms with Crippen molar-refractivity contribution in [3.63, 3.8) is 0 Å². The highest BCUT2D eigenvalue weighted by Crippen LogP contribution is 2.25. The number of hydrogen-bond donors (Lipinski definition) is 1. The van der Waals surface area contributed by atoms with Crippen LogP contribution in [0, 0.1) is 6.92 Å². The summed E-state index contributed by atoms with van der Waals surface area (Å²) in [5.41, 5.74) is 2.23. The number of benzene rings is 1. The minimum Gasteiger partial charge on any atom is -0.373 e. The molecule has 2 rings (SSSR count). The average molecular weight is 251 g/mol. The van der Waals surface area contributed by atoms with Crippen LogP contribution in [0.4, 0.5) is 5.82 Å². The summed E-state index contributed by atoms with van der Waals surface area (Å²) in [5, 5.41) is 4.21. The molecular formula is C11H11BrN2. The molecule has 0 fully saturated rings. The maximum Gasteiger partial charge on any atom is 0.126 e. The molecule has 0 saturated carbocycles. The van der Waals surface area contributed by atoms with Crippen LogP contribution in [0.25, 0.3) is 10.9 Å². The molecule has 1 N–H and O–H groups in total. The Morgan fingerprint density at radius 3 is 2.64 bits per heavy atom. The summed E-state index contributed by atoms with van der Waals surface area (Å²) in [6, 6.07) is 8.18. The number of aryl methyl sites for hydroxylation is 1. The number of rotatable bonds is 1. The minimum absolute atomic E-state index is 0.902. The number of halogens is 1. The molecule has 2 nitrogen and oxygen atoms in total. The van der Waals surface area contributed by atoms with Crippen molar-refractivity contribution in [2.45, 2.75) is 6.92 Å². The fourth-order valence-corrected chi connectivity index (χ4v) is 1.77. The van der Waals surface area contributed by atoms with Crippen LogP contribution in [0.5, 0.6) is 0 Å². The van der Waals surface area contributed by atoms with E-state index in [1.807, 2.05) is 13.1 Å². The molecule has 3 heteroatoms. The van der Waals surface area contributed by atoms with Crippen LogP contribution in [-0.4, -0.2) is 12.0 Å². The van der Waals surface area contributed by atoms with Gasteiger partial charge in [-0.2, -0.15) is 0 Å². The van der Waals surface area contributed by atoms with E-state index in [1.165, 1.54) is 10.9 Å². The van der Waals surface area contributed by atoms with E-state index < -0.39 is 0 Å². The van der Waals surface area contributed by atoms with E-state index >= 15 is 0 Å². The fourth-order valence-electron chi connectivity index (χ4n) is 1.45. The number of nitrogens with one attached hydrogen (secondary N) is 1. The van der Waals surface area contributed by atoms with Crippen LogP contribution in [0.15, 0.2) is 28.7 Å². The first-order valence-corrected chi connectivity index (χ1v) is 5.25. The molecule has 0 amide bonds. The van der Waals surface area contributed by atoms with Crippen molar-refractivity contribution in [1.82, 2.24) is 4.98 Å². The molecular weight excluding hydrogens is 240 g/mol. The van der Waals surface area contributed by atoms with E-state index in [9.17, 15) is 0 Å². The molecule has 14 heavy (non-hydrogen) atoms. The second-order valence-electron chi connectivity index (χ2n) is 3.19. The Morgan fingerprint density at radius 1 is 1.21 bits per heavy atom. The van der Waals surface area contributed by atoms with E-state index in [2.05, 4.69) is 51.4 Å². The third-order valence-corrected chi connectivity index (χ3v) is 3.16. The number of fused-ring (bicyclic) bond motifs is 1. The highest BCUT2D eigenvalue weighted by Gasteiger charge is 2.03. The van der Waals surface area contributed by atoms with Crippen molar-refractivity contribution >= 4 is 32.7 Å². The van der Waals surface area contributed by atoms with Crippen LogP contribution in [-0.2, 0) is 0 Å². The lowest BCUT2D eigenvalue weighted by Gasteiger charge is -2.05. The standard InChI is InChI=1S/C11H11BrN2/c1-7-9(12)5-3-8-4-6-10(13-2)14-11(7)8/h3-6H,1-2H3,(H,13,14). The lowest BCUT2D eigenvalue weighted by molar-refractivity contribution is 1.31. The topological polar surface area (TPSA) is 24.9 Å². The van der Waals surface area contributed by atoms with Crippen LogP contribution in [0.2, 0.25) is 0 Å². The first-order chi connectivity index (χ1) is 6.72. The van der Waals surface area contributed by atoms with E-state index in [0.29, 0.717) is 0 Å². The summed E-state index contributed by atoms with van der Waals surface area (Å²) in [6.45, 7) is 2.07. The Bertz CT molecular complexity index is 480. The molecule has 0 aliphatic carbocycles. The molecule has 0 aliphatic heterocycles. The Morgan fingerprint density at radius 2 is 1.93 bits per heavy atom. The monoisotopic (exact) mass is 250 g/mol. The van der Waals surface area contributed by atoms with E-state index in [1.54, 1.807) is 0 Å². The number of pyridine rings is 1. The maximum atomic E-state index is 4.51. The highest BCUT2D eigenvalue weighted by molar-refractivity contribution is 9.10. The van der Waals surface area contributed by atoms with E-state index in [0.717, 1.165) is 15.8 Å². The van der Waals surface area contributed by atoms with Crippen molar-refractivity contribution in [3.05, 3.63) is 34.3 Å². The Balaban J connectivity index is 2.78. The van der Waals surface area contributed by atoms with Crippen molar-refractivity contribution in [2.24, 2.45) is 0 Å². The van der Waals surface area contributed by atoms with E-state index in [-0.39, 0.29) is 0 Å². The summed E-state index contributed by atoms with van der Waals surface area (Å²) in [5.74, 6) is 0.902. The predicted octanol–water partition coefficient (Wildman–Crippen LogP) is 3.35. The lowest BCUT2D eigenvalue weighted by Crippen LogP contribution is -1.93. The molecule has 1 heterocycles. The van der Waals surface area contributed by atoms with Crippen molar-refractivity contribution < 1.29 is 0 Å². The quantitative estimate of drug-likeness (QED) is 0.840. The Labute approximate surface area is 91.5 Å². The number of anilines is 1. The number of nitrogens with zero attached hydrogens (tertiary/aromatic N) is 1. The van der Waals surface area contributed by atoms with Gasteiger partial charge < -0.3 is 5.32 Å². The summed E-state index contributed by atoms with van der Waals surface area (Å²) in [6.07, 6.45) is 0. The molecule has 0 aliphatic rings. The lowest BCUT2D eigenvalue weighted by atomic mass is 10.1. The molecule has 0 spiro atoms. The number of aromatic nitrogens is 1. The predicted molar refractivity (Wildman–Crippen MR) is 63.7 cm³/mol. The summed E-state index contributed by atoms with van der Waals surface area (Å²) >= 11 is 3.50. The summed E-state index contributed by atoms with van der Waals surface area (Å²) in [4.78, 5) is 4.51. The molecule has 1 aromatic heterocycles. The van der Waals surface area contributed by atoms with Gasteiger partial charge >= 0.3 is 0 Å². The van der Waals surface area contributed by atoms with Crippen molar-refractivity contribution in [1.29, 1.82) is 0 Å². The summed E-state index contributed by atoms with van der Waals surface area (Å²) < 4.78 is 1.10. The molecule has 0 atom stereocenters. The van der Waals surface area contributed by atoms with Gasteiger partial charge in [0.05, 0.1) is 5.52 Å². The first-order valence-electron chi connectivity index (χ1n) is 4.46. The van der Waals surface area contributed by atoms with Gasteiger partial charge in [-0.3, -0.25) is 0 Å². The minimum atomic E-state index is 0.902. The second-order valence-corrected chi connectivity index (χ2v) is 4.04. The molecule has 0 unspecified atom stereocenters. The zero-order valence-electron chi connectivity index (χ0n) is 8.13. The third kappa shape index (κ3) is 1.48. The highest BCUT2D eigenvalue weighted by atomic mass is 79.9. The van der Waals surface area contributed by atoms with Gasteiger partial charge in [-0.15, -0.1) is 0 Å². The van der Waals surface area contributed by atoms with Crippen molar-refractivity contribution in [3.8, 4) is 0 Å². The van der Waals surface area contributed by atoms with Gasteiger partial charge in [-0.1, -0.05) is 22.0 Å². The van der Waals surface area contributed by atoms with Gasteiger partial charge in [0.25, 0.3) is 0 Å². The van der Waals surface area contributed by atoms with Gasteiger partial charge in [0.15, 0.2) is 0 Å². The zero-order valence-corrected chi connectivity index (χ0v) is 9.72. The smallest absolute Gasteiger partial charge is 0.126 e. The molecule has 0 bridgehead atoms.